The molecule has 182 valence electrons. The van der Waals surface area contributed by atoms with Crippen molar-refractivity contribution in [2.45, 2.75) is 50.7 Å². The molecule has 10 heteroatoms. The second-order valence-electron chi connectivity index (χ2n) is 8.58. The van der Waals surface area contributed by atoms with E-state index in [1.54, 1.807) is 18.2 Å². The van der Waals surface area contributed by atoms with Gasteiger partial charge in [-0.25, -0.2) is 4.98 Å². The number of hydrogen-bond donors (Lipinski definition) is 1. The highest BCUT2D eigenvalue weighted by atomic mass is 35.5. The SMILES string of the molecule is O=C(N[C@H]1CCCC/C1=N/OCC(F)(F)F)c1cnc(OCC2CC2)c(-c2ccc(Cl)cc2)c1. The molecule has 2 aromatic rings. The molecule has 34 heavy (non-hydrogen) atoms. The Hall–Kier alpha value is -2.81. The summed E-state index contributed by atoms with van der Waals surface area (Å²) in [4.78, 5) is 21.9. The highest BCUT2D eigenvalue weighted by molar-refractivity contribution is 6.30. The minimum absolute atomic E-state index is 0.310. The predicted octanol–water partition coefficient (Wildman–Crippen LogP) is 5.80. The van der Waals surface area contributed by atoms with Crippen molar-refractivity contribution in [2.75, 3.05) is 13.2 Å². The maximum absolute atomic E-state index is 13.0. The molecule has 4 rings (SSSR count). The van der Waals surface area contributed by atoms with E-state index in [9.17, 15) is 18.0 Å². The van der Waals surface area contributed by atoms with Crippen LogP contribution in [0.3, 0.4) is 0 Å². The summed E-state index contributed by atoms with van der Waals surface area (Å²) in [7, 11) is 0. The molecule has 0 bridgehead atoms. The van der Waals surface area contributed by atoms with Crippen LogP contribution in [0.1, 0.15) is 48.9 Å². The molecular weight excluding hydrogens is 471 g/mol. The summed E-state index contributed by atoms with van der Waals surface area (Å²) in [6.45, 7) is -0.896. The van der Waals surface area contributed by atoms with Gasteiger partial charge in [0.25, 0.3) is 5.91 Å². The lowest BCUT2D eigenvalue weighted by Gasteiger charge is -2.24. The van der Waals surface area contributed by atoms with Gasteiger partial charge in [-0.2, -0.15) is 13.2 Å². The number of hydrogen-bond acceptors (Lipinski definition) is 5. The van der Waals surface area contributed by atoms with Crippen molar-refractivity contribution in [1.82, 2.24) is 10.3 Å². The first-order chi connectivity index (χ1) is 16.3. The zero-order chi connectivity index (χ0) is 24.1. The molecule has 1 aromatic carbocycles. The quantitative estimate of drug-likeness (QED) is 0.470. The van der Waals surface area contributed by atoms with E-state index in [0.29, 0.717) is 53.1 Å². The van der Waals surface area contributed by atoms with Crippen molar-refractivity contribution in [3.63, 3.8) is 0 Å². The molecule has 1 aromatic heterocycles. The molecule has 0 radical (unpaired) electrons. The van der Waals surface area contributed by atoms with E-state index in [1.165, 1.54) is 6.20 Å². The van der Waals surface area contributed by atoms with Gasteiger partial charge in [0.05, 0.1) is 23.9 Å². The summed E-state index contributed by atoms with van der Waals surface area (Å²) in [6.07, 6.45) is 1.87. The Morgan fingerprint density at radius 1 is 1.18 bits per heavy atom. The third kappa shape index (κ3) is 6.85. The minimum atomic E-state index is -4.47. The van der Waals surface area contributed by atoms with Crippen LogP contribution in [0.25, 0.3) is 11.1 Å². The van der Waals surface area contributed by atoms with Crippen molar-refractivity contribution >= 4 is 23.2 Å². The fourth-order valence-electron chi connectivity index (χ4n) is 3.70. The molecule has 1 amide bonds. The van der Waals surface area contributed by atoms with Gasteiger partial charge in [0.1, 0.15) is 0 Å². The Morgan fingerprint density at radius 2 is 1.94 bits per heavy atom. The highest BCUT2D eigenvalue weighted by Crippen LogP contribution is 2.33. The summed E-state index contributed by atoms with van der Waals surface area (Å²) in [5.41, 5.74) is 2.18. The number of benzene rings is 1. The number of ether oxygens (including phenoxy) is 1. The lowest BCUT2D eigenvalue weighted by Crippen LogP contribution is -2.42. The third-order valence-electron chi connectivity index (χ3n) is 5.71. The van der Waals surface area contributed by atoms with E-state index < -0.39 is 24.7 Å². The first-order valence-electron chi connectivity index (χ1n) is 11.2. The van der Waals surface area contributed by atoms with Crippen LogP contribution in [0.2, 0.25) is 5.02 Å². The molecular formula is C24H25ClF3N3O3. The number of halogens is 4. The third-order valence-corrected chi connectivity index (χ3v) is 5.97. The summed E-state index contributed by atoms with van der Waals surface area (Å²) in [6, 6.07) is 8.36. The normalized spacial score (nSPS) is 19.6. The van der Waals surface area contributed by atoms with Crippen molar-refractivity contribution < 1.29 is 27.5 Å². The second-order valence-corrected chi connectivity index (χ2v) is 9.02. The van der Waals surface area contributed by atoms with Gasteiger partial charge >= 0.3 is 6.18 Å². The minimum Gasteiger partial charge on any atom is -0.477 e. The molecule has 0 spiro atoms. The van der Waals surface area contributed by atoms with Crippen LogP contribution in [-0.2, 0) is 4.84 Å². The van der Waals surface area contributed by atoms with Crippen LogP contribution in [0.5, 0.6) is 5.88 Å². The number of alkyl halides is 3. The summed E-state index contributed by atoms with van der Waals surface area (Å²) in [5.74, 6) is 0.574. The molecule has 1 atom stereocenters. The largest absolute Gasteiger partial charge is 0.477 e. The summed E-state index contributed by atoms with van der Waals surface area (Å²) < 4.78 is 43.1. The van der Waals surface area contributed by atoms with Crippen LogP contribution in [0.4, 0.5) is 13.2 Å². The van der Waals surface area contributed by atoms with Crippen molar-refractivity contribution in [3.05, 3.63) is 47.1 Å². The summed E-state index contributed by atoms with van der Waals surface area (Å²) >= 11 is 6.02. The van der Waals surface area contributed by atoms with Gasteiger partial charge < -0.3 is 14.9 Å². The van der Waals surface area contributed by atoms with Crippen LogP contribution in [0.15, 0.2) is 41.7 Å². The van der Waals surface area contributed by atoms with E-state index in [0.717, 1.165) is 31.2 Å². The first-order valence-corrected chi connectivity index (χ1v) is 11.6. The van der Waals surface area contributed by atoms with Crippen molar-refractivity contribution in [3.8, 4) is 17.0 Å². The molecule has 0 aliphatic heterocycles. The maximum Gasteiger partial charge on any atom is 0.425 e. The van der Waals surface area contributed by atoms with Crippen molar-refractivity contribution in [2.24, 2.45) is 11.1 Å². The Morgan fingerprint density at radius 3 is 2.65 bits per heavy atom. The Balaban J connectivity index is 1.51. The average molecular weight is 496 g/mol. The molecule has 1 N–H and O–H groups in total. The maximum atomic E-state index is 13.0. The number of nitrogens with one attached hydrogen (secondary N) is 1. The molecule has 0 saturated heterocycles. The first kappa shape index (κ1) is 24.3. The van der Waals surface area contributed by atoms with E-state index in [1.807, 2.05) is 12.1 Å². The number of rotatable bonds is 8. The van der Waals surface area contributed by atoms with Gasteiger partial charge in [-0.1, -0.05) is 35.3 Å². The van der Waals surface area contributed by atoms with Gasteiger partial charge in [-0.3, -0.25) is 4.79 Å². The van der Waals surface area contributed by atoms with Gasteiger partial charge in [0.2, 0.25) is 12.5 Å². The molecule has 1 heterocycles. The fraction of sp³-hybridized carbons (Fsp3) is 0.458. The van der Waals surface area contributed by atoms with E-state index in [-0.39, 0.29) is 0 Å². The van der Waals surface area contributed by atoms with Gasteiger partial charge in [0.15, 0.2) is 0 Å². The van der Waals surface area contributed by atoms with Gasteiger partial charge in [-0.05, 0) is 61.8 Å². The fourth-order valence-corrected chi connectivity index (χ4v) is 3.83. The zero-order valence-electron chi connectivity index (χ0n) is 18.4. The van der Waals surface area contributed by atoms with Gasteiger partial charge in [-0.15, -0.1) is 0 Å². The van der Waals surface area contributed by atoms with E-state index in [4.69, 9.17) is 16.3 Å². The topological polar surface area (TPSA) is 72.8 Å². The van der Waals surface area contributed by atoms with Crippen molar-refractivity contribution in [1.29, 1.82) is 0 Å². The Kier molecular flexibility index (Phi) is 7.60. The molecule has 6 nitrogen and oxygen atoms in total. The molecule has 2 fully saturated rings. The number of oxime groups is 1. The number of amides is 1. The van der Waals surface area contributed by atoms with Crippen LogP contribution in [-0.4, -0.2) is 42.0 Å². The number of pyridine rings is 1. The van der Waals surface area contributed by atoms with E-state index >= 15 is 0 Å². The van der Waals surface area contributed by atoms with Crippen LogP contribution < -0.4 is 10.1 Å². The molecule has 2 saturated carbocycles. The average Bonchev–Trinajstić information content (AvgIpc) is 3.63. The van der Waals surface area contributed by atoms with E-state index in [2.05, 4.69) is 20.3 Å². The molecule has 0 unspecified atom stereocenters. The van der Waals surface area contributed by atoms with Crippen LogP contribution in [0, 0.1) is 5.92 Å². The number of aromatic nitrogens is 1. The second kappa shape index (κ2) is 10.6. The number of carbonyl (C=O) groups is 1. The van der Waals surface area contributed by atoms with Gasteiger partial charge in [0, 0.05) is 16.8 Å². The smallest absolute Gasteiger partial charge is 0.425 e. The lowest BCUT2D eigenvalue weighted by atomic mass is 9.93. The Bertz CT molecular complexity index is 1040. The molecule has 2 aliphatic carbocycles. The monoisotopic (exact) mass is 495 g/mol. The number of nitrogens with zero attached hydrogens (tertiary/aromatic N) is 2. The lowest BCUT2D eigenvalue weighted by molar-refractivity contribution is -0.173. The number of carbonyl (C=O) groups excluding carboxylic acids is 1. The Labute approximate surface area is 200 Å². The standard InChI is InChI=1S/C24H25ClF3N3O3/c25-18-9-7-16(8-10-18)19-11-17(12-29-23(19)33-13-15-5-6-15)22(32)30-20-3-1-2-4-21(20)31-34-14-24(26,27)28/h7-12,15,20H,1-6,13-14H2,(H,30,32)/b31-21-/t20-/m0/s1. The highest BCUT2D eigenvalue weighted by Gasteiger charge is 2.30. The summed E-state index contributed by atoms with van der Waals surface area (Å²) in [5, 5.41) is 7.12. The predicted molar refractivity (Wildman–Crippen MR) is 122 cm³/mol. The zero-order valence-corrected chi connectivity index (χ0v) is 19.2. The van der Waals surface area contributed by atoms with Crippen LogP contribution >= 0.6 is 11.6 Å². The molecule has 2 aliphatic rings.